The van der Waals surface area contributed by atoms with E-state index >= 15 is 0 Å². The molecule has 0 unspecified atom stereocenters. The van der Waals surface area contributed by atoms with E-state index in [2.05, 4.69) is 36.8 Å². The zero-order valence-electron chi connectivity index (χ0n) is 5.01. The molecule has 1 aromatic rings. The highest BCUT2D eigenvalue weighted by molar-refractivity contribution is 9.10. The molecule has 0 aromatic carbocycles. The lowest BCUT2D eigenvalue weighted by atomic mass is 10.3. The first-order chi connectivity index (χ1) is 4.74. The van der Waals surface area contributed by atoms with Gasteiger partial charge in [0.25, 0.3) is 0 Å². The zero-order chi connectivity index (χ0) is 7.56. The molecule has 1 heterocycles. The molecule has 10 heavy (non-hydrogen) atoms. The Labute approximate surface area is 75.5 Å². The van der Waals surface area contributed by atoms with Gasteiger partial charge in [-0.3, -0.25) is 0 Å². The predicted molar refractivity (Wildman–Crippen MR) is 46.2 cm³/mol. The van der Waals surface area contributed by atoms with Gasteiger partial charge in [-0.05, 0) is 27.6 Å². The fraction of sp³-hybridized carbons (Fsp3) is 0.167. The molecule has 54 valence electrons. The first kappa shape index (κ1) is 8.01. The van der Waals surface area contributed by atoms with Crippen LogP contribution in [0.4, 0.5) is 0 Å². The minimum absolute atomic E-state index is 0.192. The topological polar surface area (TPSA) is 33.1 Å². The van der Waals surface area contributed by atoms with Gasteiger partial charge in [-0.1, -0.05) is 15.9 Å². The minimum Gasteiger partial charge on any atom is -0.506 e. The fourth-order valence-electron chi connectivity index (χ4n) is 0.575. The molecule has 0 saturated carbocycles. The van der Waals surface area contributed by atoms with Crippen molar-refractivity contribution in [3.05, 3.63) is 22.4 Å². The van der Waals surface area contributed by atoms with E-state index in [1.54, 1.807) is 6.07 Å². The molecule has 0 spiro atoms. The molecule has 2 nitrogen and oxygen atoms in total. The van der Waals surface area contributed by atoms with Crippen molar-refractivity contribution >= 4 is 31.9 Å². The number of hydrogen-bond donors (Lipinski definition) is 1. The summed E-state index contributed by atoms with van der Waals surface area (Å²) in [7, 11) is 0. The van der Waals surface area contributed by atoms with E-state index in [0.29, 0.717) is 5.33 Å². The van der Waals surface area contributed by atoms with Crippen LogP contribution in [0.15, 0.2) is 16.9 Å². The second-order valence-corrected chi connectivity index (χ2v) is 3.09. The second-order valence-electron chi connectivity index (χ2n) is 1.78. The van der Waals surface area contributed by atoms with Gasteiger partial charge >= 0.3 is 0 Å². The van der Waals surface area contributed by atoms with Gasteiger partial charge in [0.2, 0.25) is 0 Å². The summed E-state index contributed by atoms with van der Waals surface area (Å²) in [6.07, 6.45) is 1.40. The Kier molecular flexibility index (Phi) is 2.68. The molecule has 0 aliphatic rings. The van der Waals surface area contributed by atoms with Crippen LogP contribution >= 0.6 is 31.9 Å². The SMILES string of the molecule is Oc1cnc(Br)c(CBr)c1. The van der Waals surface area contributed by atoms with Crippen molar-refractivity contribution in [2.75, 3.05) is 0 Å². The Morgan fingerprint density at radius 3 is 2.80 bits per heavy atom. The maximum atomic E-state index is 8.96. The van der Waals surface area contributed by atoms with Gasteiger partial charge in [-0.2, -0.15) is 0 Å². The first-order valence-corrected chi connectivity index (χ1v) is 4.55. The smallest absolute Gasteiger partial charge is 0.134 e. The summed E-state index contributed by atoms with van der Waals surface area (Å²) >= 11 is 6.50. The van der Waals surface area contributed by atoms with Gasteiger partial charge in [0.15, 0.2) is 0 Å². The van der Waals surface area contributed by atoms with Crippen molar-refractivity contribution in [2.45, 2.75) is 5.33 Å². The Balaban J connectivity index is 3.09. The van der Waals surface area contributed by atoms with Gasteiger partial charge in [0, 0.05) is 5.33 Å². The van der Waals surface area contributed by atoms with Gasteiger partial charge in [-0.25, -0.2) is 4.98 Å². The van der Waals surface area contributed by atoms with Crippen LogP contribution in [0.3, 0.4) is 0 Å². The van der Waals surface area contributed by atoms with Gasteiger partial charge in [0.05, 0.1) is 6.20 Å². The first-order valence-electron chi connectivity index (χ1n) is 2.63. The number of alkyl halides is 1. The van der Waals surface area contributed by atoms with Crippen LogP contribution in [-0.2, 0) is 5.33 Å². The number of aromatic hydroxyl groups is 1. The lowest BCUT2D eigenvalue weighted by Gasteiger charge is -1.97. The average molecular weight is 267 g/mol. The average Bonchev–Trinajstić information content (AvgIpc) is 1.94. The molecular formula is C6H5Br2NO. The van der Waals surface area contributed by atoms with Gasteiger partial charge < -0.3 is 5.11 Å². The van der Waals surface area contributed by atoms with Crippen molar-refractivity contribution in [1.29, 1.82) is 0 Å². The normalized spacial score (nSPS) is 9.80. The number of aromatic nitrogens is 1. The minimum atomic E-state index is 0.192. The van der Waals surface area contributed by atoms with Gasteiger partial charge in [-0.15, -0.1) is 0 Å². The van der Waals surface area contributed by atoms with E-state index in [0.717, 1.165) is 10.2 Å². The number of hydrogen-bond acceptors (Lipinski definition) is 2. The van der Waals surface area contributed by atoms with Crippen LogP contribution in [0.1, 0.15) is 5.56 Å². The number of halogens is 2. The predicted octanol–water partition coefficient (Wildman–Crippen LogP) is 2.44. The summed E-state index contributed by atoms with van der Waals surface area (Å²) in [5.74, 6) is 0.192. The molecule has 0 aliphatic heterocycles. The summed E-state index contributed by atoms with van der Waals surface area (Å²) < 4.78 is 0.766. The molecule has 4 heteroatoms. The Morgan fingerprint density at radius 1 is 1.60 bits per heavy atom. The molecule has 0 saturated heterocycles. The summed E-state index contributed by atoms with van der Waals surface area (Å²) in [5, 5.41) is 9.65. The quantitative estimate of drug-likeness (QED) is 0.626. The van der Waals surface area contributed by atoms with Crippen molar-refractivity contribution in [2.24, 2.45) is 0 Å². The van der Waals surface area contributed by atoms with Crippen LogP contribution in [0.5, 0.6) is 5.75 Å². The van der Waals surface area contributed by atoms with Crippen LogP contribution in [0.25, 0.3) is 0 Å². The molecule has 0 radical (unpaired) electrons. The molecule has 1 N–H and O–H groups in total. The molecular weight excluding hydrogens is 262 g/mol. The molecule has 0 amide bonds. The Hall–Kier alpha value is -0.0900. The summed E-state index contributed by atoms with van der Waals surface area (Å²) in [4.78, 5) is 3.89. The largest absolute Gasteiger partial charge is 0.506 e. The Bertz CT molecular complexity index is 239. The molecule has 0 fully saturated rings. The van der Waals surface area contributed by atoms with E-state index in [1.807, 2.05) is 0 Å². The van der Waals surface area contributed by atoms with E-state index in [-0.39, 0.29) is 5.75 Å². The lowest BCUT2D eigenvalue weighted by Crippen LogP contribution is -1.82. The Morgan fingerprint density at radius 2 is 2.30 bits per heavy atom. The van der Waals surface area contributed by atoms with Gasteiger partial charge in [0.1, 0.15) is 10.4 Å². The standard InChI is InChI=1S/C6H5Br2NO/c7-2-4-1-5(10)3-9-6(4)8/h1,3,10H,2H2. The fourth-order valence-corrected chi connectivity index (χ4v) is 1.74. The van der Waals surface area contributed by atoms with Crippen LogP contribution in [-0.4, -0.2) is 10.1 Å². The van der Waals surface area contributed by atoms with Crippen LogP contribution in [0, 0.1) is 0 Å². The third kappa shape index (κ3) is 1.70. The highest BCUT2D eigenvalue weighted by atomic mass is 79.9. The highest BCUT2D eigenvalue weighted by Crippen LogP contribution is 2.20. The van der Waals surface area contributed by atoms with Crippen LogP contribution in [0.2, 0.25) is 0 Å². The number of rotatable bonds is 1. The molecule has 0 atom stereocenters. The molecule has 0 aliphatic carbocycles. The van der Waals surface area contributed by atoms with E-state index in [9.17, 15) is 0 Å². The van der Waals surface area contributed by atoms with Crippen molar-refractivity contribution in [1.82, 2.24) is 4.98 Å². The van der Waals surface area contributed by atoms with Crippen molar-refractivity contribution in [3.63, 3.8) is 0 Å². The lowest BCUT2D eigenvalue weighted by molar-refractivity contribution is 0.472. The second kappa shape index (κ2) is 3.34. The summed E-state index contributed by atoms with van der Waals surface area (Å²) in [6.45, 7) is 0. The van der Waals surface area contributed by atoms with E-state index in [4.69, 9.17) is 5.11 Å². The molecule has 1 aromatic heterocycles. The van der Waals surface area contributed by atoms with Crippen molar-refractivity contribution in [3.8, 4) is 5.75 Å². The molecule has 1 rings (SSSR count). The van der Waals surface area contributed by atoms with E-state index < -0.39 is 0 Å². The van der Waals surface area contributed by atoms with Crippen LogP contribution < -0.4 is 0 Å². The number of nitrogens with zero attached hydrogens (tertiary/aromatic N) is 1. The third-order valence-corrected chi connectivity index (χ3v) is 2.36. The third-order valence-electron chi connectivity index (χ3n) is 1.04. The van der Waals surface area contributed by atoms with Crippen molar-refractivity contribution < 1.29 is 5.11 Å². The molecule has 0 bridgehead atoms. The van der Waals surface area contributed by atoms with E-state index in [1.165, 1.54) is 6.20 Å². The summed E-state index contributed by atoms with van der Waals surface area (Å²) in [5.41, 5.74) is 0.944. The summed E-state index contributed by atoms with van der Waals surface area (Å²) in [6, 6.07) is 1.66. The maximum absolute atomic E-state index is 8.96. The highest BCUT2D eigenvalue weighted by Gasteiger charge is 1.99. The maximum Gasteiger partial charge on any atom is 0.134 e. The number of pyridine rings is 1. The zero-order valence-corrected chi connectivity index (χ0v) is 8.18. The monoisotopic (exact) mass is 265 g/mol.